The highest BCUT2D eigenvalue weighted by Crippen LogP contribution is 2.22. The van der Waals surface area contributed by atoms with Gasteiger partial charge in [-0.15, -0.1) is 0 Å². The van der Waals surface area contributed by atoms with Crippen molar-refractivity contribution in [3.63, 3.8) is 0 Å². The monoisotopic (exact) mass is 312 g/mol. The minimum Gasteiger partial charge on any atom is -0.479 e. The fourth-order valence-electron chi connectivity index (χ4n) is 1.67. The van der Waals surface area contributed by atoms with Crippen LogP contribution in [0.3, 0.4) is 0 Å². The lowest BCUT2D eigenvalue weighted by atomic mass is 10.1. The number of H-pyrrole nitrogens is 1. The summed E-state index contributed by atoms with van der Waals surface area (Å²) in [7, 11) is 0. The number of aliphatic carboxylic acids is 1. The Hall–Kier alpha value is -1.98. The van der Waals surface area contributed by atoms with Gasteiger partial charge in [-0.2, -0.15) is 0 Å². The van der Waals surface area contributed by atoms with Crippen LogP contribution in [0.1, 0.15) is 22.1 Å². The molecule has 0 saturated heterocycles. The Kier molecular flexibility index (Phi) is 4.32. The molecule has 1 aromatic heterocycles. The number of nitrogens with one attached hydrogen (secondary N) is 2. The first-order chi connectivity index (χ1) is 9.49. The minimum absolute atomic E-state index is 0.0992. The molecule has 0 saturated carbocycles. The molecule has 2 rings (SSSR count). The molecular weight excluding hydrogens is 303 g/mol. The Labute approximate surface area is 124 Å². The Morgan fingerprint density at radius 2 is 1.85 bits per heavy atom. The number of benzene rings is 1. The molecule has 0 aliphatic heterocycles. The molecule has 0 unspecified atom stereocenters. The van der Waals surface area contributed by atoms with Gasteiger partial charge in [0.25, 0.3) is 5.91 Å². The number of carboxylic acid groups (broad SMARTS) is 1. The average Bonchev–Trinajstić information content (AvgIpc) is 2.76. The van der Waals surface area contributed by atoms with E-state index in [9.17, 15) is 14.7 Å². The molecule has 1 amide bonds. The minimum atomic E-state index is -1.16. The molecule has 0 bridgehead atoms. The normalized spacial score (nSPS) is 11.9. The molecule has 0 aliphatic carbocycles. The van der Waals surface area contributed by atoms with Gasteiger partial charge in [-0.1, -0.05) is 53.5 Å². The number of amides is 1. The summed E-state index contributed by atoms with van der Waals surface area (Å²) < 4.78 is 0. The van der Waals surface area contributed by atoms with Crippen LogP contribution in [-0.2, 0) is 4.79 Å². The molecule has 1 atom stereocenters. The Bertz CT molecular complexity index is 621. The van der Waals surface area contributed by atoms with E-state index in [1.165, 1.54) is 6.07 Å². The predicted molar refractivity (Wildman–Crippen MR) is 75.1 cm³/mol. The van der Waals surface area contributed by atoms with E-state index in [-0.39, 0.29) is 15.9 Å². The molecule has 7 heteroatoms. The average molecular weight is 313 g/mol. The maximum atomic E-state index is 12.0. The third-order valence-electron chi connectivity index (χ3n) is 2.63. The molecule has 0 spiro atoms. The van der Waals surface area contributed by atoms with Gasteiger partial charge in [-0.05, 0) is 11.6 Å². The Balaban J connectivity index is 2.21. The lowest BCUT2D eigenvalue weighted by Crippen LogP contribution is -2.33. The topological polar surface area (TPSA) is 82.2 Å². The van der Waals surface area contributed by atoms with E-state index in [1.807, 2.05) is 0 Å². The van der Waals surface area contributed by atoms with Crippen LogP contribution in [0.2, 0.25) is 10.2 Å². The van der Waals surface area contributed by atoms with E-state index in [2.05, 4.69) is 10.3 Å². The molecule has 3 N–H and O–H groups in total. The molecular formula is C13H10Cl2N2O3. The molecule has 5 nitrogen and oxygen atoms in total. The summed E-state index contributed by atoms with van der Waals surface area (Å²) in [5.41, 5.74) is 0.569. The number of aromatic amines is 1. The van der Waals surface area contributed by atoms with Crippen molar-refractivity contribution >= 4 is 35.1 Å². The molecule has 104 valence electrons. The second-order valence-electron chi connectivity index (χ2n) is 4.00. The third kappa shape index (κ3) is 3.12. The first-order valence-electron chi connectivity index (χ1n) is 5.61. The van der Waals surface area contributed by atoms with Crippen LogP contribution in [0.5, 0.6) is 0 Å². The number of hydrogen-bond acceptors (Lipinski definition) is 2. The summed E-state index contributed by atoms with van der Waals surface area (Å²) >= 11 is 11.4. The van der Waals surface area contributed by atoms with E-state index in [4.69, 9.17) is 23.2 Å². The summed E-state index contributed by atoms with van der Waals surface area (Å²) in [6.07, 6.45) is 0. The number of carbonyl (C=O) groups excluding carboxylic acids is 1. The van der Waals surface area contributed by atoms with Gasteiger partial charge in [-0.3, -0.25) is 4.79 Å². The van der Waals surface area contributed by atoms with Gasteiger partial charge < -0.3 is 15.4 Å². The van der Waals surface area contributed by atoms with Crippen molar-refractivity contribution in [1.29, 1.82) is 0 Å². The predicted octanol–water partition coefficient (Wildman–Crippen LogP) is 2.88. The SMILES string of the molecule is O=C(N[C@@H](C(=O)O)c1ccccc1)c1cc(Cl)c(Cl)[nH]1. The Morgan fingerprint density at radius 3 is 2.35 bits per heavy atom. The smallest absolute Gasteiger partial charge is 0.330 e. The summed E-state index contributed by atoms with van der Waals surface area (Å²) in [6.45, 7) is 0. The first-order valence-corrected chi connectivity index (χ1v) is 6.37. The van der Waals surface area contributed by atoms with Crippen molar-refractivity contribution in [2.45, 2.75) is 6.04 Å². The Morgan fingerprint density at radius 1 is 1.20 bits per heavy atom. The highest BCUT2D eigenvalue weighted by atomic mass is 35.5. The van der Waals surface area contributed by atoms with Gasteiger partial charge >= 0.3 is 5.97 Å². The highest BCUT2D eigenvalue weighted by Gasteiger charge is 2.23. The van der Waals surface area contributed by atoms with Crippen LogP contribution in [0.15, 0.2) is 36.4 Å². The lowest BCUT2D eigenvalue weighted by molar-refractivity contribution is -0.139. The zero-order valence-corrected chi connectivity index (χ0v) is 11.6. The van der Waals surface area contributed by atoms with Crippen molar-refractivity contribution in [3.05, 3.63) is 57.8 Å². The summed E-state index contributed by atoms with van der Waals surface area (Å²) in [6, 6.07) is 8.57. The zero-order valence-electron chi connectivity index (χ0n) is 10.1. The molecule has 0 fully saturated rings. The van der Waals surface area contributed by atoms with Gasteiger partial charge in [0.05, 0.1) is 5.02 Å². The maximum absolute atomic E-state index is 12.0. The van der Waals surface area contributed by atoms with Crippen LogP contribution in [0.25, 0.3) is 0 Å². The highest BCUT2D eigenvalue weighted by molar-refractivity contribution is 6.41. The van der Waals surface area contributed by atoms with E-state index >= 15 is 0 Å². The molecule has 0 radical (unpaired) electrons. The van der Waals surface area contributed by atoms with Gasteiger partial charge in [0.2, 0.25) is 0 Å². The summed E-state index contributed by atoms with van der Waals surface area (Å²) in [4.78, 5) is 25.8. The summed E-state index contributed by atoms with van der Waals surface area (Å²) in [5, 5.41) is 11.9. The zero-order chi connectivity index (χ0) is 14.7. The number of carboxylic acids is 1. The number of hydrogen-bond donors (Lipinski definition) is 3. The van der Waals surface area contributed by atoms with Crippen LogP contribution in [-0.4, -0.2) is 22.0 Å². The van der Waals surface area contributed by atoms with E-state index in [1.54, 1.807) is 30.3 Å². The van der Waals surface area contributed by atoms with Crippen LogP contribution in [0.4, 0.5) is 0 Å². The third-order valence-corrected chi connectivity index (χ3v) is 3.32. The standard InChI is InChI=1S/C13H10Cl2N2O3/c14-8-6-9(16-11(8)15)12(18)17-10(13(19)20)7-4-2-1-3-5-7/h1-6,10,16H,(H,17,18)(H,19,20)/t10-/m1/s1. The quantitative estimate of drug-likeness (QED) is 0.811. The van der Waals surface area contributed by atoms with Gasteiger partial charge in [-0.25, -0.2) is 4.79 Å². The van der Waals surface area contributed by atoms with Gasteiger partial charge in [0, 0.05) is 0 Å². The second kappa shape index (κ2) is 5.98. The van der Waals surface area contributed by atoms with Crippen molar-refractivity contribution in [2.75, 3.05) is 0 Å². The number of aromatic nitrogens is 1. The van der Waals surface area contributed by atoms with Crippen LogP contribution in [0, 0.1) is 0 Å². The summed E-state index contributed by atoms with van der Waals surface area (Å²) in [5.74, 6) is -1.76. The second-order valence-corrected chi connectivity index (χ2v) is 4.79. The molecule has 2 aromatic rings. The van der Waals surface area contributed by atoms with Crippen molar-refractivity contribution in [1.82, 2.24) is 10.3 Å². The van der Waals surface area contributed by atoms with Crippen LogP contribution < -0.4 is 5.32 Å². The number of rotatable bonds is 4. The molecule has 1 aromatic carbocycles. The van der Waals surface area contributed by atoms with Gasteiger partial charge in [0.15, 0.2) is 6.04 Å². The molecule has 1 heterocycles. The lowest BCUT2D eigenvalue weighted by Gasteiger charge is -2.14. The van der Waals surface area contributed by atoms with Crippen molar-refractivity contribution < 1.29 is 14.7 Å². The van der Waals surface area contributed by atoms with E-state index in [0.717, 1.165) is 0 Å². The largest absolute Gasteiger partial charge is 0.479 e. The maximum Gasteiger partial charge on any atom is 0.330 e. The fourth-order valence-corrected chi connectivity index (χ4v) is 1.98. The first kappa shape index (κ1) is 14.4. The van der Waals surface area contributed by atoms with E-state index in [0.29, 0.717) is 5.56 Å². The van der Waals surface area contributed by atoms with Crippen molar-refractivity contribution in [3.8, 4) is 0 Å². The van der Waals surface area contributed by atoms with Gasteiger partial charge in [0.1, 0.15) is 10.8 Å². The molecule has 0 aliphatic rings. The molecule has 20 heavy (non-hydrogen) atoms. The fraction of sp³-hybridized carbons (Fsp3) is 0.0769. The number of halogens is 2. The van der Waals surface area contributed by atoms with Crippen molar-refractivity contribution in [2.24, 2.45) is 0 Å². The van der Waals surface area contributed by atoms with E-state index < -0.39 is 17.9 Å². The number of carbonyl (C=O) groups is 2. The van der Waals surface area contributed by atoms with Crippen LogP contribution >= 0.6 is 23.2 Å².